The lowest BCUT2D eigenvalue weighted by atomic mass is 10.3. The molecular formula is C10H13N5O3S. The van der Waals surface area contributed by atoms with E-state index in [1.54, 1.807) is 4.68 Å². The molecule has 2 heterocycles. The third-order valence-corrected chi connectivity index (χ3v) is 3.37. The zero-order valence-corrected chi connectivity index (χ0v) is 11.1. The van der Waals surface area contributed by atoms with Gasteiger partial charge < -0.3 is 5.11 Å². The first kappa shape index (κ1) is 13.4. The van der Waals surface area contributed by atoms with E-state index in [0.29, 0.717) is 18.1 Å². The Labute approximate surface area is 112 Å². The molecule has 0 saturated heterocycles. The maximum absolute atomic E-state index is 11.6. The number of aliphatic carboxylic acids is 1. The van der Waals surface area contributed by atoms with E-state index in [1.165, 1.54) is 4.57 Å². The highest BCUT2D eigenvalue weighted by molar-refractivity contribution is 7.99. The molecule has 0 radical (unpaired) electrons. The van der Waals surface area contributed by atoms with E-state index in [2.05, 4.69) is 15.3 Å². The van der Waals surface area contributed by atoms with Gasteiger partial charge in [0.25, 0.3) is 0 Å². The molecule has 0 aliphatic heterocycles. The van der Waals surface area contributed by atoms with Gasteiger partial charge in [-0.15, -0.1) is 5.10 Å². The zero-order chi connectivity index (χ0) is 13.8. The molecule has 0 atom stereocenters. The Bertz CT molecular complexity index is 629. The molecule has 0 amide bonds. The average molecular weight is 283 g/mol. The van der Waals surface area contributed by atoms with Crippen LogP contribution in [0, 0.1) is 0 Å². The van der Waals surface area contributed by atoms with Crippen molar-refractivity contribution < 1.29 is 9.90 Å². The summed E-state index contributed by atoms with van der Waals surface area (Å²) in [6.45, 7) is 0.411. The zero-order valence-electron chi connectivity index (χ0n) is 10.2. The molecule has 0 aliphatic rings. The number of carboxylic acids is 1. The molecule has 0 saturated carbocycles. The average Bonchev–Trinajstić information content (AvgIpc) is 2.91. The van der Waals surface area contributed by atoms with Crippen molar-refractivity contribution in [1.82, 2.24) is 24.5 Å². The van der Waals surface area contributed by atoms with Gasteiger partial charge in [-0.3, -0.25) is 14.0 Å². The fourth-order valence-corrected chi connectivity index (χ4v) is 2.25. The molecule has 0 fully saturated rings. The Morgan fingerprint density at radius 1 is 1.58 bits per heavy atom. The number of thioether (sulfide) groups is 1. The number of nitrogens with one attached hydrogen (secondary N) is 1. The molecule has 8 nitrogen and oxygen atoms in total. The van der Waals surface area contributed by atoms with Crippen LogP contribution >= 0.6 is 11.8 Å². The van der Waals surface area contributed by atoms with E-state index in [9.17, 15) is 9.59 Å². The molecule has 2 aromatic rings. The Hall–Kier alpha value is -2.03. The molecule has 0 aliphatic carbocycles. The van der Waals surface area contributed by atoms with Gasteiger partial charge in [-0.2, -0.15) is 5.10 Å². The SMILES string of the molecule is Cn1ccc(CCn2c(SCC(=O)O)n[nH]c2=O)n1. The van der Waals surface area contributed by atoms with Crippen molar-refractivity contribution in [3.05, 3.63) is 28.4 Å². The van der Waals surface area contributed by atoms with Crippen molar-refractivity contribution in [2.75, 3.05) is 5.75 Å². The minimum atomic E-state index is -0.947. The first-order valence-corrected chi connectivity index (χ1v) is 6.53. The van der Waals surface area contributed by atoms with Crippen LogP contribution in [-0.4, -0.2) is 41.4 Å². The van der Waals surface area contributed by atoms with Gasteiger partial charge in [0.05, 0.1) is 11.4 Å². The molecule has 102 valence electrons. The number of rotatable bonds is 6. The fraction of sp³-hybridized carbons (Fsp3) is 0.400. The number of H-pyrrole nitrogens is 1. The van der Waals surface area contributed by atoms with Crippen molar-refractivity contribution in [2.24, 2.45) is 7.05 Å². The van der Waals surface area contributed by atoms with Crippen LogP contribution in [0.15, 0.2) is 22.2 Å². The molecule has 2 aromatic heterocycles. The summed E-state index contributed by atoms with van der Waals surface area (Å²) in [5.74, 6) is -1.08. The molecule has 0 spiro atoms. The van der Waals surface area contributed by atoms with Gasteiger partial charge in [0, 0.05) is 26.2 Å². The van der Waals surface area contributed by atoms with E-state index in [0.717, 1.165) is 17.5 Å². The number of aryl methyl sites for hydroxylation is 2. The topological polar surface area (TPSA) is 106 Å². The van der Waals surface area contributed by atoms with Gasteiger partial charge in [0.2, 0.25) is 0 Å². The maximum Gasteiger partial charge on any atom is 0.343 e. The number of carboxylic acid groups (broad SMARTS) is 1. The second kappa shape index (κ2) is 5.74. The number of aromatic nitrogens is 5. The van der Waals surface area contributed by atoms with Crippen LogP contribution in [0.4, 0.5) is 0 Å². The van der Waals surface area contributed by atoms with E-state index in [1.807, 2.05) is 19.3 Å². The third-order valence-electron chi connectivity index (χ3n) is 2.41. The van der Waals surface area contributed by atoms with Crippen molar-refractivity contribution in [2.45, 2.75) is 18.1 Å². The normalized spacial score (nSPS) is 10.8. The largest absolute Gasteiger partial charge is 0.481 e. The minimum absolute atomic E-state index is 0.131. The molecular weight excluding hydrogens is 270 g/mol. The van der Waals surface area contributed by atoms with E-state index < -0.39 is 5.97 Å². The Morgan fingerprint density at radius 2 is 2.37 bits per heavy atom. The Morgan fingerprint density at radius 3 is 3.00 bits per heavy atom. The van der Waals surface area contributed by atoms with Crippen LogP contribution < -0.4 is 5.69 Å². The smallest absolute Gasteiger partial charge is 0.343 e. The highest BCUT2D eigenvalue weighted by atomic mass is 32.2. The van der Waals surface area contributed by atoms with Crippen LogP contribution in [-0.2, 0) is 24.8 Å². The molecule has 2 rings (SSSR count). The lowest BCUT2D eigenvalue weighted by Gasteiger charge is -2.02. The summed E-state index contributed by atoms with van der Waals surface area (Å²) in [4.78, 5) is 22.1. The van der Waals surface area contributed by atoms with Gasteiger partial charge in [0.1, 0.15) is 0 Å². The second-order valence-corrected chi connectivity index (χ2v) is 4.82. The molecule has 0 unspecified atom stereocenters. The van der Waals surface area contributed by atoms with Crippen molar-refractivity contribution in [3.63, 3.8) is 0 Å². The van der Waals surface area contributed by atoms with Gasteiger partial charge in [-0.25, -0.2) is 9.89 Å². The first-order valence-electron chi connectivity index (χ1n) is 5.54. The lowest BCUT2D eigenvalue weighted by Crippen LogP contribution is -2.19. The van der Waals surface area contributed by atoms with E-state index in [-0.39, 0.29) is 11.4 Å². The lowest BCUT2D eigenvalue weighted by molar-refractivity contribution is -0.133. The highest BCUT2D eigenvalue weighted by Crippen LogP contribution is 2.13. The van der Waals surface area contributed by atoms with Crippen LogP contribution in [0.3, 0.4) is 0 Å². The standard InChI is InChI=1S/C10H13N5O3S/c1-14-4-2-7(13-14)3-5-15-9(18)11-12-10(15)19-6-8(16)17/h2,4H,3,5-6H2,1H3,(H,11,18)(H,16,17). The Balaban J connectivity index is 2.04. The first-order chi connectivity index (χ1) is 9.06. The van der Waals surface area contributed by atoms with Crippen LogP contribution in [0.5, 0.6) is 0 Å². The molecule has 0 aromatic carbocycles. The minimum Gasteiger partial charge on any atom is -0.481 e. The van der Waals surface area contributed by atoms with Crippen molar-refractivity contribution >= 4 is 17.7 Å². The van der Waals surface area contributed by atoms with E-state index in [4.69, 9.17) is 5.11 Å². The predicted molar refractivity (Wildman–Crippen MR) is 68.1 cm³/mol. The van der Waals surface area contributed by atoms with Crippen LogP contribution in [0.2, 0.25) is 0 Å². The maximum atomic E-state index is 11.6. The quantitative estimate of drug-likeness (QED) is 0.707. The van der Waals surface area contributed by atoms with Crippen LogP contribution in [0.1, 0.15) is 5.69 Å². The number of nitrogens with zero attached hydrogens (tertiary/aromatic N) is 4. The molecule has 0 bridgehead atoms. The monoisotopic (exact) mass is 283 g/mol. The van der Waals surface area contributed by atoms with Gasteiger partial charge in [-0.05, 0) is 6.07 Å². The van der Waals surface area contributed by atoms with Gasteiger partial charge in [0.15, 0.2) is 5.16 Å². The number of hydrogen-bond donors (Lipinski definition) is 2. The van der Waals surface area contributed by atoms with Crippen LogP contribution in [0.25, 0.3) is 0 Å². The summed E-state index contributed by atoms with van der Waals surface area (Å²) in [7, 11) is 1.82. The van der Waals surface area contributed by atoms with Gasteiger partial charge >= 0.3 is 11.7 Å². The summed E-state index contributed by atoms with van der Waals surface area (Å²) in [5.41, 5.74) is 0.522. The van der Waals surface area contributed by atoms with Crippen molar-refractivity contribution in [1.29, 1.82) is 0 Å². The van der Waals surface area contributed by atoms with Gasteiger partial charge in [-0.1, -0.05) is 11.8 Å². The molecule has 9 heteroatoms. The second-order valence-electron chi connectivity index (χ2n) is 3.88. The fourth-order valence-electron chi connectivity index (χ4n) is 1.56. The predicted octanol–water partition coefficient (Wildman–Crippen LogP) is -0.276. The third kappa shape index (κ3) is 3.47. The summed E-state index contributed by atoms with van der Waals surface area (Å²) in [6, 6.07) is 1.87. The van der Waals surface area contributed by atoms with E-state index >= 15 is 0 Å². The number of aromatic amines is 1. The van der Waals surface area contributed by atoms with Crippen molar-refractivity contribution in [3.8, 4) is 0 Å². The summed E-state index contributed by atoms with van der Waals surface area (Å²) >= 11 is 1.01. The molecule has 2 N–H and O–H groups in total. The number of carbonyl (C=O) groups is 1. The summed E-state index contributed by atoms with van der Waals surface area (Å²) in [6.07, 6.45) is 2.41. The molecule has 19 heavy (non-hydrogen) atoms. The number of hydrogen-bond acceptors (Lipinski definition) is 5. The highest BCUT2D eigenvalue weighted by Gasteiger charge is 2.11. The summed E-state index contributed by atoms with van der Waals surface area (Å²) in [5, 5.41) is 19.3. The Kier molecular flexibility index (Phi) is 4.05. The summed E-state index contributed by atoms with van der Waals surface area (Å²) < 4.78 is 3.11.